The second-order valence-corrected chi connectivity index (χ2v) is 3.83. The van der Waals surface area contributed by atoms with Crippen LogP contribution in [0.5, 0.6) is 0 Å². The first kappa shape index (κ1) is 13.8. The zero-order valence-electron chi connectivity index (χ0n) is 9.69. The van der Waals surface area contributed by atoms with Crippen LogP contribution in [-0.2, 0) is 0 Å². The van der Waals surface area contributed by atoms with Gasteiger partial charge in [-0.05, 0) is 24.8 Å². The van der Waals surface area contributed by atoms with Crippen LogP contribution in [-0.4, -0.2) is 19.5 Å². The lowest BCUT2D eigenvalue weighted by Gasteiger charge is -2.24. The van der Waals surface area contributed by atoms with E-state index in [1.807, 2.05) is 20.8 Å². The summed E-state index contributed by atoms with van der Waals surface area (Å²) in [6.07, 6.45) is -1.15. The number of hydrogen-bond donors (Lipinski definition) is 1. The summed E-state index contributed by atoms with van der Waals surface area (Å²) in [4.78, 5) is 0. The topological polar surface area (TPSA) is 12.0 Å². The molecule has 1 fully saturated rings. The molecule has 1 N–H and O–H groups in total. The Balaban J connectivity index is 0.000000791. The van der Waals surface area contributed by atoms with Gasteiger partial charge in [0, 0.05) is 12.5 Å². The molecule has 1 nitrogen and oxygen atoms in total. The fourth-order valence-corrected chi connectivity index (χ4v) is 1.79. The smallest absolute Gasteiger partial charge is 0.242 e. The van der Waals surface area contributed by atoms with E-state index in [-0.39, 0.29) is 5.92 Å². The van der Waals surface area contributed by atoms with Gasteiger partial charge in [0.2, 0.25) is 6.43 Å². The Morgan fingerprint density at radius 1 is 1.21 bits per heavy atom. The highest BCUT2D eigenvalue weighted by atomic mass is 19.3. The van der Waals surface area contributed by atoms with Crippen molar-refractivity contribution < 1.29 is 8.78 Å². The van der Waals surface area contributed by atoms with Gasteiger partial charge in [-0.15, -0.1) is 0 Å². The van der Waals surface area contributed by atoms with Gasteiger partial charge in [-0.25, -0.2) is 8.78 Å². The van der Waals surface area contributed by atoms with Gasteiger partial charge in [0.1, 0.15) is 0 Å². The predicted molar refractivity (Wildman–Crippen MR) is 56.7 cm³/mol. The lowest BCUT2D eigenvalue weighted by molar-refractivity contribution is 0.0392. The quantitative estimate of drug-likeness (QED) is 0.696. The van der Waals surface area contributed by atoms with E-state index in [9.17, 15) is 8.78 Å². The molecule has 1 heterocycles. The zero-order valence-corrected chi connectivity index (χ0v) is 9.69. The second kappa shape index (κ2) is 7.16. The Hall–Kier alpha value is -0.180. The molecule has 86 valence electrons. The van der Waals surface area contributed by atoms with Crippen molar-refractivity contribution in [2.24, 2.45) is 17.8 Å². The van der Waals surface area contributed by atoms with Gasteiger partial charge in [-0.3, -0.25) is 0 Å². The van der Waals surface area contributed by atoms with Crippen molar-refractivity contribution in [1.82, 2.24) is 5.32 Å². The standard InChI is InChI=1S/C9H17F2N.C2H6/c1-6-3-4-12-5-8(7(6)2)9(10)11;1-2/h6-9,12H,3-5H2,1-2H3;1-2H3. The Labute approximate surface area is 86.3 Å². The lowest BCUT2D eigenvalue weighted by atomic mass is 9.84. The molecular formula is C11H23F2N. The number of alkyl halides is 2. The van der Waals surface area contributed by atoms with Crippen LogP contribution in [0, 0.1) is 17.8 Å². The molecule has 0 amide bonds. The van der Waals surface area contributed by atoms with Gasteiger partial charge in [0.05, 0.1) is 0 Å². The van der Waals surface area contributed by atoms with Crippen LogP contribution in [0.4, 0.5) is 8.78 Å². The van der Waals surface area contributed by atoms with Crippen molar-refractivity contribution in [3.8, 4) is 0 Å². The van der Waals surface area contributed by atoms with Crippen molar-refractivity contribution in [3.63, 3.8) is 0 Å². The molecule has 1 aliphatic heterocycles. The molecule has 1 rings (SSSR count). The van der Waals surface area contributed by atoms with E-state index in [4.69, 9.17) is 0 Å². The fraction of sp³-hybridized carbons (Fsp3) is 1.00. The fourth-order valence-electron chi connectivity index (χ4n) is 1.79. The molecule has 0 spiro atoms. The highest BCUT2D eigenvalue weighted by Crippen LogP contribution is 2.29. The Morgan fingerprint density at radius 2 is 1.79 bits per heavy atom. The molecule has 0 aromatic carbocycles. The molecule has 14 heavy (non-hydrogen) atoms. The van der Waals surface area contributed by atoms with Crippen molar-refractivity contribution in [1.29, 1.82) is 0 Å². The summed E-state index contributed by atoms with van der Waals surface area (Å²) in [6, 6.07) is 0. The molecule has 1 aliphatic rings. The monoisotopic (exact) mass is 207 g/mol. The molecule has 0 aromatic rings. The highest BCUT2D eigenvalue weighted by molar-refractivity contribution is 4.78. The summed E-state index contributed by atoms with van der Waals surface area (Å²) < 4.78 is 25.0. The summed E-state index contributed by atoms with van der Waals surface area (Å²) in [7, 11) is 0. The van der Waals surface area contributed by atoms with E-state index in [1.165, 1.54) is 0 Å². The summed E-state index contributed by atoms with van der Waals surface area (Å²) in [5, 5.41) is 3.06. The Kier molecular flexibility index (Phi) is 7.06. The van der Waals surface area contributed by atoms with E-state index in [0.717, 1.165) is 13.0 Å². The highest BCUT2D eigenvalue weighted by Gasteiger charge is 2.31. The van der Waals surface area contributed by atoms with Gasteiger partial charge in [0.15, 0.2) is 0 Å². The molecule has 0 saturated carbocycles. The molecule has 1 saturated heterocycles. The Morgan fingerprint density at radius 3 is 2.29 bits per heavy atom. The van der Waals surface area contributed by atoms with Crippen LogP contribution < -0.4 is 5.32 Å². The maximum atomic E-state index is 12.5. The normalized spacial score (nSPS) is 33.2. The first-order valence-corrected chi connectivity index (χ1v) is 5.61. The molecule has 3 unspecified atom stereocenters. The molecule has 0 radical (unpaired) electrons. The second-order valence-electron chi connectivity index (χ2n) is 3.83. The van der Waals surface area contributed by atoms with Gasteiger partial charge in [-0.1, -0.05) is 27.7 Å². The van der Waals surface area contributed by atoms with E-state index in [2.05, 4.69) is 12.2 Å². The largest absolute Gasteiger partial charge is 0.316 e. The van der Waals surface area contributed by atoms with Gasteiger partial charge in [-0.2, -0.15) is 0 Å². The van der Waals surface area contributed by atoms with Crippen LogP contribution in [0.15, 0.2) is 0 Å². The van der Waals surface area contributed by atoms with Crippen LogP contribution in [0.25, 0.3) is 0 Å². The minimum Gasteiger partial charge on any atom is -0.316 e. The van der Waals surface area contributed by atoms with Gasteiger partial charge in [0.25, 0.3) is 0 Å². The Bertz CT molecular complexity index is 139. The third kappa shape index (κ3) is 3.91. The minimum atomic E-state index is -2.17. The van der Waals surface area contributed by atoms with Gasteiger partial charge >= 0.3 is 0 Å². The average molecular weight is 207 g/mol. The summed E-state index contributed by atoms with van der Waals surface area (Å²) in [5.41, 5.74) is 0. The van der Waals surface area contributed by atoms with Crippen LogP contribution >= 0.6 is 0 Å². The van der Waals surface area contributed by atoms with Crippen molar-refractivity contribution in [3.05, 3.63) is 0 Å². The van der Waals surface area contributed by atoms with E-state index in [0.29, 0.717) is 12.5 Å². The summed E-state index contributed by atoms with van der Waals surface area (Å²) >= 11 is 0. The maximum Gasteiger partial charge on any atom is 0.242 e. The minimum absolute atomic E-state index is 0.139. The van der Waals surface area contributed by atoms with E-state index in [1.54, 1.807) is 0 Å². The van der Waals surface area contributed by atoms with Crippen LogP contribution in [0.3, 0.4) is 0 Å². The zero-order chi connectivity index (χ0) is 11.1. The molecule has 0 bridgehead atoms. The van der Waals surface area contributed by atoms with E-state index < -0.39 is 12.3 Å². The molecule has 3 heteroatoms. The molecule has 0 aliphatic carbocycles. The average Bonchev–Trinajstić information content (AvgIpc) is 2.33. The van der Waals surface area contributed by atoms with Crippen LogP contribution in [0.2, 0.25) is 0 Å². The molecular weight excluding hydrogens is 184 g/mol. The van der Waals surface area contributed by atoms with Crippen molar-refractivity contribution >= 4 is 0 Å². The third-order valence-corrected chi connectivity index (χ3v) is 3.05. The predicted octanol–water partition coefficient (Wildman–Crippen LogP) is 3.16. The summed E-state index contributed by atoms with van der Waals surface area (Å²) in [5.74, 6) is 0.0986. The number of nitrogens with one attached hydrogen (secondary N) is 1. The lowest BCUT2D eigenvalue weighted by Crippen LogP contribution is -2.30. The molecule has 0 aromatic heterocycles. The third-order valence-electron chi connectivity index (χ3n) is 3.05. The molecule has 3 atom stereocenters. The summed E-state index contributed by atoms with van der Waals surface area (Å²) in [6.45, 7) is 9.36. The number of hydrogen-bond acceptors (Lipinski definition) is 1. The van der Waals surface area contributed by atoms with Crippen LogP contribution in [0.1, 0.15) is 34.1 Å². The SMILES string of the molecule is CC.CC1CCNCC(C(F)F)C1C. The first-order valence-electron chi connectivity index (χ1n) is 5.61. The number of rotatable bonds is 1. The maximum absolute atomic E-state index is 12.5. The number of halogens is 2. The van der Waals surface area contributed by atoms with Crippen molar-refractivity contribution in [2.75, 3.05) is 13.1 Å². The van der Waals surface area contributed by atoms with Gasteiger partial charge < -0.3 is 5.32 Å². The van der Waals surface area contributed by atoms with E-state index >= 15 is 0 Å². The first-order chi connectivity index (χ1) is 6.63. The van der Waals surface area contributed by atoms with Crippen molar-refractivity contribution in [2.45, 2.75) is 40.5 Å².